The van der Waals surface area contributed by atoms with Crippen molar-refractivity contribution < 1.29 is 13.8 Å². The van der Waals surface area contributed by atoms with Gasteiger partial charge in [-0.15, -0.1) is 0 Å². The number of piperazine rings is 1. The van der Waals surface area contributed by atoms with Crippen LogP contribution in [0.4, 0.5) is 16.4 Å². The van der Waals surface area contributed by atoms with Crippen LogP contribution in [0.1, 0.15) is 9.84 Å². The number of aromatic amines is 1. The number of carbonyl (C=O) groups is 1. The smallest absolute Gasteiger partial charge is 0.410 e. The number of fused-ring (bicyclic) bond motifs is 1. The number of hydrogen-bond acceptors (Lipinski definition) is 7. The second kappa shape index (κ2) is 8.54. The second-order valence-electron chi connectivity index (χ2n) is 7.58. The van der Waals surface area contributed by atoms with Crippen LogP contribution in [-0.2, 0) is 11.3 Å². The predicted octanol–water partition coefficient (Wildman–Crippen LogP) is 3.80. The van der Waals surface area contributed by atoms with Crippen LogP contribution in [0.3, 0.4) is 0 Å². The lowest BCUT2D eigenvalue weighted by atomic mass is 10.2. The fourth-order valence-electron chi connectivity index (χ4n) is 3.71. The highest BCUT2D eigenvalue weighted by Gasteiger charge is 2.24. The van der Waals surface area contributed by atoms with E-state index in [0.717, 1.165) is 16.6 Å². The SMILES string of the molecule is Nc1ncc(N2CCN(C(=O)OCc3ccccc3)CC2)nc1-c1nc2ccccc2[nH]1.[HH].[HH].[HH]. The van der Waals surface area contributed by atoms with E-state index in [9.17, 15) is 4.79 Å². The summed E-state index contributed by atoms with van der Waals surface area (Å²) >= 11 is 0. The zero-order valence-electron chi connectivity index (χ0n) is 17.4. The Kier molecular flexibility index (Phi) is 5.29. The Balaban J connectivity index is 0.00000144. The minimum atomic E-state index is -0.306. The van der Waals surface area contributed by atoms with Crippen molar-refractivity contribution in [3.63, 3.8) is 0 Å². The Bertz CT molecular complexity index is 1220. The highest BCUT2D eigenvalue weighted by molar-refractivity contribution is 5.80. The van der Waals surface area contributed by atoms with Gasteiger partial charge in [0.1, 0.15) is 12.4 Å². The maximum atomic E-state index is 12.4. The molecule has 0 radical (unpaired) electrons. The van der Waals surface area contributed by atoms with E-state index in [1.165, 1.54) is 0 Å². The number of rotatable bonds is 4. The Morgan fingerprint density at radius 3 is 2.56 bits per heavy atom. The standard InChI is InChI=1S/C23H23N7O2.3H2/c24-21-20(22-26-17-8-4-5-9-18(17)27-22)28-19(14-25-21)29-10-12-30(13-11-29)23(31)32-15-16-6-2-1-3-7-16;;;/h1-9,14H,10-13,15H2,(H2,24,25)(H,26,27);3*1H. The van der Waals surface area contributed by atoms with Gasteiger partial charge in [-0.05, 0) is 17.7 Å². The molecule has 1 amide bonds. The summed E-state index contributed by atoms with van der Waals surface area (Å²) in [5, 5.41) is 0. The van der Waals surface area contributed by atoms with E-state index in [4.69, 9.17) is 15.5 Å². The molecule has 4 aromatic rings. The number of benzene rings is 2. The van der Waals surface area contributed by atoms with E-state index in [1.54, 1.807) is 11.1 Å². The molecule has 0 bridgehead atoms. The van der Waals surface area contributed by atoms with E-state index < -0.39 is 0 Å². The number of aromatic nitrogens is 4. The number of nitrogens with zero attached hydrogens (tertiary/aromatic N) is 5. The lowest BCUT2D eigenvalue weighted by Gasteiger charge is -2.34. The number of hydrogen-bond donors (Lipinski definition) is 2. The van der Waals surface area contributed by atoms with E-state index in [-0.39, 0.29) is 17.0 Å². The molecule has 9 heteroatoms. The molecule has 3 N–H and O–H groups in total. The first-order valence-corrected chi connectivity index (χ1v) is 10.5. The molecule has 9 nitrogen and oxygen atoms in total. The molecule has 32 heavy (non-hydrogen) atoms. The van der Waals surface area contributed by atoms with Crippen LogP contribution in [0.15, 0.2) is 60.8 Å². The number of nitrogen functional groups attached to an aromatic ring is 1. The summed E-state index contributed by atoms with van der Waals surface area (Å²) < 4.78 is 5.44. The number of H-pyrrole nitrogens is 1. The van der Waals surface area contributed by atoms with Crippen molar-refractivity contribution in [3.8, 4) is 11.5 Å². The fourth-order valence-corrected chi connectivity index (χ4v) is 3.71. The number of imidazole rings is 1. The third-order valence-corrected chi connectivity index (χ3v) is 5.47. The van der Waals surface area contributed by atoms with E-state index >= 15 is 0 Å². The van der Waals surface area contributed by atoms with Crippen molar-refractivity contribution in [1.82, 2.24) is 24.8 Å². The van der Waals surface area contributed by atoms with Crippen molar-refractivity contribution in [1.29, 1.82) is 0 Å². The number of nitrogens with two attached hydrogens (primary N) is 1. The zero-order valence-corrected chi connectivity index (χ0v) is 17.4. The Morgan fingerprint density at radius 2 is 1.78 bits per heavy atom. The fraction of sp³-hybridized carbons (Fsp3) is 0.217. The van der Waals surface area contributed by atoms with Crippen molar-refractivity contribution in [2.75, 3.05) is 36.8 Å². The van der Waals surface area contributed by atoms with Gasteiger partial charge in [-0.25, -0.2) is 19.7 Å². The number of anilines is 2. The molecule has 1 aliphatic heterocycles. The second-order valence-corrected chi connectivity index (χ2v) is 7.58. The first-order valence-electron chi connectivity index (χ1n) is 10.5. The van der Waals surface area contributed by atoms with Crippen molar-refractivity contribution in [2.24, 2.45) is 0 Å². The molecule has 0 atom stereocenters. The molecule has 1 aliphatic rings. The summed E-state index contributed by atoms with van der Waals surface area (Å²) in [6.07, 6.45) is 1.35. The van der Waals surface area contributed by atoms with Crippen molar-refractivity contribution in [2.45, 2.75) is 6.61 Å². The zero-order chi connectivity index (χ0) is 21.9. The molecule has 1 saturated heterocycles. The van der Waals surface area contributed by atoms with Gasteiger partial charge in [0.2, 0.25) is 0 Å². The molecule has 0 unspecified atom stereocenters. The van der Waals surface area contributed by atoms with Gasteiger partial charge < -0.3 is 25.3 Å². The molecule has 2 aromatic carbocycles. The number of nitrogens with one attached hydrogen (secondary N) is 1. The topological polar surface area (TPSA) is 113 Å². The maximum absolute atomic E-state index is 12.4. The monoisotopic (exact) mass is 435 g/mol. The average molecular weight is 436 g/mol. The van der Waals surface area contributed by atoms with Crippen molar-refractivity contribution in [3.05, 3.63) is 66.4 Å². The van der Waals surface area contributed by atoms with Gasteiger partial charge in [0.05, 0.1) is 17.2 Å². The summed E-state index contributed by atoms with van der Waals surface area (Å²) in [6, 6.07) is 17.4. The lowest BCUT2D eigenvalue weighted by molar-refractivity contribution is 0.0941. The van der Waals surface area contributed by atoms with Gasteiger partial charge in [0.25, 0.3) is 0 Å². The van der Waals surface area contributed by atoms with Gasteiger partial charge in [-0.1, -0.05) is 42.5 Å². The summed E-state index contributed by atoms with van der Waals surface area (Å²) in [5.74, 6) is 1.60. The van der Waals surface area contributed by atoms with Crippen LogP contribution < -0.4 is 10.6 Å². The summed E-state index contributed by atoms with van der Waals surface area (Å²) in [6.45, 7) is 2.60. The molecule has 0 aliphatic carbocycles. The number of ether oxygens (including phenoxy) is 1. The summed E-state index contributed by atoms with van der Waals surface area (Å²) in [7, 11) is 0. The Labute approximate surface area is 189 Å². The largest absolute Gasteiger partial charge is 0.445 e. The summed E-state index contributed by atoms with van der Waals surface area (Å²) in [4.78, 5) is 33.1. The van der Waals surface area contributed by atoms with Gasteiger partial charge in [-0.2, -0.15) is 0 Å². The van der Waals surface area contributed by atoms with Gasteiger partial charge in [0.15, 0.2) is 17.3 Å². The quantitative estimate of drug-likeness (QED) is 0.501. The van der Waals surface area contributed by atoms with E-state index in [2.05, 4.69) is 19.9 Å². The minimum Gasteiger partial charge on any atom is -0.445 e. The van der Waals surface area contributed by atoms with Crippen LogP contribution in [-0.4, -0.2) is 57.1 Å². The number of para-hydroxylation sites is 2. The number of amides is 1. The third-order valence-electron chi connectivity index (χ3n) is 5.47. The highest BCUT2D eigenvalue weighted by Crippen LogP contribution is 2.25. The molecule has 3 heterocycles. The van der Waals surface area contributed by atoms with Gasteiger partial charge >= 0.3 is 6.09 Å². The molecule has 1 fully saturated rings. The third kappa shape index (κ3) is 4.04. The van der Waals surface area contributed by atoms with Gasteiger partial charge in [0, 0.05) is 30.5 Å². The normalized spacial score (nSPS) is 14.0. The van der Waals surface area contributed by atoms with Crippen LogP contribution in [0.2, 0.25) is 0 Å². The van der Waals surface area contributed by atoms with E-state index in [1.807, 2.05) is 54.6 Å². The first-order chi connectivity index (χ1) is 15.7. The highest BCUT2D eigenvalue weighted by atomic mass is 16.6. The number of carbonyl (C=O) groups excluding carboxylic acids is 1. The minimum absolute atomic E-state index is 0. The van der Waals surface area contributed by atoms with Crippen molar-refractivity contribution >= 4 is 28.8 Å². The first kappa shape index (κ1) is 19.8. The van der Waals surface area contributed by atoms with Gasteiger partial charge in [-0.3, -0.25) is 0 Å². The molecule has 0 saturated carbocycles. The molecule has 168 valence electrons. The predicted molar refractivity (Wildman–Crippen MR) is 128 cm³/mol. The summed E-state index contributed by atoms with van der Waals surface area (Å²) in [5.41, 5.74) is 9.34. The van der Waals surface area contributed by atoms with Crippen LogP contribution >= 0.6 is 0 Å². The molecular formula is C23H29N7O2. The molecular weight excluding hydrogens is 406 g/mol. The molecule has 5 rings (SSSR count). The maximum Gasteiger partial charge on any atom is 0.410 e. The lowest BCUT2D eigenvalue weighted by Crippen LogP contribution is -2.49. The van der Waals surface area contributed by atoms with Crippen LogP contribution in [0.25, 0.3) is 22.6 Å². The Morgan fingerprint density at radius 1 is 1.03 bits per heavy atom. The molecule has 0 spiro atoms. The van der Waals surface area contributed by atoms with Crippen LogP contribution in [0.5, 0.6) is 0 Å². The Hall–Kier alpha value is -4.14. The van der Waals surface area contributed by atoms with Crippen LogP contribution in [0, 0.1) is 0 Å². The van der Waals surface area contributed by atoms with E-state index in [0.29, 0.717) is 49.3 Å². The molecule has 2 aromatic heterocycles. The average Bonchev–Trinajstić information content (AvgIpc) is 3.28.